The first-order chi connectivity index (χ1) is 26.3. The quantitative estimate of drug-likeness (QED) is 0.197. The first-order valence-electron chi connectivity index (χ1n) is 19.8. The Hall–Kier alpha value is -5.66. The highest BCUT2D eigenvalue weighted by molar-refractivity contribution is 6.27. The van der Waals surface area contributed by atoms with E-state index in [1.807, 2.05) is 84.9 Å². The van der Waals surface area contributed by atoms with E-state index in [2.05, 4.69) is 0 Å². The number of para-hydroxylation sites is 1. The maximum absolute atomic E-state index is 9.36. The topological polar surface area (TPSA) is 13.1 Å². The Bertz CT molecular complexity index is 3100. The monoisotopic (exact) mass is 558 g/mol. The second kappa shape index (κ2) is 9.44. The third-order valence-corrected chi connectivity index (χ3v) is 8.05. The van der Waals surface area contributed by atoms with Crippen molar-refractivity contribution in [2.45, 2.75) is 0 Å². The molecule has 0 saturated heterocycles. The van der Waals surface area contributed by atoms with Crippen LogP contribution >= 0.6 is 0 Å². The molecule has 0 aliphatic rings. The number of hydrogen-bond donors (Lipinski definition) is 0. The van der Waals surface area contributed by atoms with Gasteiger partial charge in [-0.1, -0.05) is 133 Å². The second-order valence-electron chi connectivity index (χ2n) is 10.3. The molecule has 0 aliphatic heterocycles. The van der Waals surface area contributed by atoms with Crippen molar-refractivity contribution < 1.29 is 20.9 Å². The molecule has 0 aliphatic carbocycles. The third kappa shape index (κ3) is 3.65. The predicted octanol–water partition coefficient (Wildman–Crippen LogP) is 12.0. The first kappa shape index (κ1) is 15.0. The van der Waals surface area contributed by atoms with Crippen LogP contribution in [0.1, 0.15) is 16.4 Å². The fraction of sp³-hybridized carbons (Fsp3) is 0. The summed E-state index contributed by atoms with van der Waals surface area (Å²) in [6.45, 7) is 0. The lowest BCUT2D eigenvalue weighted by atomic mass is 9.83. The molecule has 0 bridgehead atoms. The van der Waals surface area contributed by atoms with Gasteiger partial charge in [0.25, 0.3) is 0 Å². The van der Waals surface area contributed by atoms with Crippen molar-refractivity contribution in [3.05, 3.63) is 157 Å². The van der Waals surface area contributed by atoms with Crippen LogP contribution in [-0.4, -0.2) is 0 Å². The summed E-state index contributed by atoms with van der Waals surface area (Å²) in [4.78, 5) is 0. The molecule has 0 fully saturated rings. The van der Waals surface area contributed by atoms with Gasteiger partial charge in [0.15, 0.2) is 0 Å². The molecule has 1 heterocycles. The van der Waals surface area contributed by atoms with Gasteiger partial charge < -0.3 is 4.42 Å². The number of furan rings is 1. The van der Waals surface area contributed by atoms with Crippen molar-refractivity contribution in [3.8, 4) is 33.4 Å². The van der Waals surface area contributed by atoms with Gasteiger partial charge in [-0.05, 0) is 89.9 Å². The molecule has 43 heavy (non-hydrogen) atoms. The van der Waals surface area contributed by atoms with Crippen molar-refractivity contribution >= 4 is 54.3 Å². The number of fused-ring (bicyclic) bond motifs is 6. The Morgan fingerprint density at radius 2 is 1.00 bits per heavy atom. The molecular weight excluding hydrogens is 520 g/mol. The molecule has 9 rings (SSSR count). The van der Waals surface area contributed by atoms with Crippen LogP contribution in [0.15, 0.2) is 162 Å². The molecule has 0 saturated carbocycles. The molecule has 1 nitrogen and oxygen atoms in total. The van der Waals surface area contributed by atoms with E-state index in [0.29, 0.717) is 21.9 Å². The van der Waals surface area contributed by atoms with Gasteiger partial charge in [0.2, 0.25) is 0 Å². The molecule has 1 heteroatoms. The fourth-order valence-electron chi connectivity index (χ4n) is 6.29. The summed E-state index contributed by atoms with van der Waals surface area (Å²) in [5.41, 5.74) is 2.41. The summed E-state index contributed by atoms with van der Waals surface area (Å²) < 4.78 is 110. The molecule has 0 spiro atoms. The van der Waals surface area contributed by atoms with Crippen molar-refractivity contribution in [2.24, 2.45) is 0 Å². The van der Waals surface area contributed by atoms with Crippen LogP contribution in [0, 0.1) is 0 Å². The van der Waals surface area contributed by atoms with Gasteiger partial charge in [0, 0.05) is 10.8 Å². The molecule has 1 aromatic heterocycles. The SMILES string of the molecule is [2H]c1c([2H])c([2H])c(-c2cc(-c3c4ccccc4c(-c4c([2H])c([2H])c([2H])c5oc6c([2H])c([2H])c([2H])c([2H])c6c45)c4ccccc34)c3ccccc3c2)c([2H])c1[2H]. The Balaban J connectivity index is 1.48. The zero-order chi connectivity index (χ0) is 38.8. The van der Waals surface area contributed by atoms with Crippen LogP contribution in [-0.2, 0) is 0 Å². The Kier molecular flexibility index (Phi) is 3.29. The second-order valence-corrected chi connectivity index (χ2v) is 10.3. The predicted molar refractivity (Wildman–Crippen MR) is 183 cm³/mol. The molecule has 0 N–H and O–H groups in total. The maximum atomic E-state index is 9.36. The molecule has 0 atom stereocenters. The van der Waals surface area contributed by atoms with Gasteiger partial charge in [-0.25, -0.2) is 0 Å². The number of rotatable bonds is 3. The van der Waals surface area contributed by atoms with E-state index in [1.54, 1.807) is 0 Å². The summed E-state index contributed by atoms with van der Waals surface area (Å²) in [7, 11) is 0. The van der Waals surface area contributed by atoms with E-state index in [4.69, 9.17) is 19.5 Å². The van der Waals surface area contributed by atoms with E-state index in [1.165, 1.54) is 0 Å². The molecule has 8 aromatic carbocycles. The van der Waals surface area contributed by atoms with E-state index >= 15 is 0 Å². The van der Waals surface area contributed by atoms with Gasteiger partial charge >= 0.3 is 0 Å². The van der Waals surface area contributed by atoms with Crippen LogP contribution in [0.5, 0.6) is 0 Å². The summed E-state index contributed by atoms with van der Waals surface area (Å²) in [5.74, 6) is 0. The number of hydrogen-bond acceptors (Lipinski definition) is 1. The van der Waals surface area contributed by atoms with Gasteiger partial charge in [-0.3, -0.25) is 0 Å². The maximum Gasteiger partial charge on any atom is 0.136 e. The minimum absolute atomic E-state index is 0.0209. The van der Waals surface area contributed by atoms with Crippen LogP contribution in [0.25, 0.3) is 87.6 Å². The summed E-state index contributed by atoms with van der Waals surface area (Å²) in [6.07, 6.45) is 0. The lowest BCUT2D eigenvalue weighted by Gasteiger charge is -2.20. The van der Waals surface area contributed by atoms with Crippen molar-refractivity contribution in [1.82, 2.24) is 0 Å². The lowest BCUT2D eigenvalue weighted by molar-refractivity contribution is 0.669. The smallest absolute Gasteiger partial charge is 0.136 e. The molecule has 0 amide bonds. The normalized spacial score (nSPS) is 15.6. The highest BCUT2D eigenvalue weighted by Crippen LogP contribution is 2.48. The van der Waals surface area contributed by atoms with E-state index in [0.717, 1.165) is 32.7 Å². The van der Waals surface area contributed by atoms with Crippen LogP contribution < -0.4 is 0 Å². The van der Waals surface area contributed by atoms with E-state index < -0.39 is 48.3 Å². The average Bonchev–Trinajstić information content (AvgIpc) is 3.60. The molecule has 200 valence electrons. The van der Waals surface area contributed by atoms with E-state index in [-0.39, 0.29) is 57.2 Å². The molecular formula is C42H26O. The lowest BCUT2D eigenvalue weighted by Crippen LogP contribution is -1.93. The largest absolute Gasteiger partial charge is 0.456 e. The van der Waals surface area contributed by atoms with Crippen LogP contribution in [0.3, 0.4) is 0 Å². The first-order valence-corrected chi connectivity index (χ1v) is 13.8. The molecule has 0 radical (unpaired) electrons. The van der Waals surface area contributed by atoms with Gasteiger partial charge in [-0.15, -0.1) is 0 Å². The van der Waals surface area contributed by atoms with Crippen LogP contribution in [0.2, 0.25) is 0 Å². The highest BCUT2D eigenvalue weighted by Gasteiger charge is 2.21. The fourth-order valence-corrected chi connectivity index (χ4v) is 6.29. The zero-order valence-corrected chi connectivity index (χ0v) is 22.5. The van der Waals surface area contributed by atoms with Gasteiger partial charge in [0.1, 0.15) is 11.2 Å². The van der Waals surface area contributed by atoms with Gasteiger partial charge in [0.05, 0.1) is 16.4 Å². The number of benzene rings is 8. The zero-order valence-electron chi connectivity index (χ0n) is 34.5. The Labute approximate surface area is 266 Å². The third-order valence-electron chi connectivity index (χ3n) is 8.05. The van der Waals surface area contributed by atoms with Gasteiger partial charge in [-0.2, -0.15) is 0 Å². The van der Waals surface area contributed by atoms with Crippen molar-refractivity contribution in [1.29, 1.82) is 0 Å². The minimum Gasteiger partial charge on any atom is -0.456 e. The van der Waals surface area contributed by atoms with E-state index in [9.17, 15) is 1.37 Å². The molecule has 0 unspecified atom stereocenters. The Morgan fingerprint density at radius 3 is 1.72 bits per heavy atom. The summed E-state index contributed by atoms with van der Waals surface area (Å²) in [5, 5.41) is 4.53. The Morgan fingerprint density at radius 1 is 0.419 bits per heavy atom. The van der Waals surface area contributed by atoms with Crippen molar-refractivity contribution in [2.75, 3.05) is 0 Å². The average molecular weight is 559 g/mol. The standard InChI is InChI=1S/C42H26O/c1-2-13-27(14-3-1)29-25-28-15-4-5-16-30(28)37(26-29)41-33-19-8-6-17-31(33)40(32-18-7-9-20-34(32)41)36-22-12-24-39-42(36)35-21-10-11-23-38(35)43-39/h1-26H/i1D,2D,3D,10D,11D,12D,13D,14D,21D,22D,23D,24D. The summed E-state index contributed by atoms with van der Waals surface area (Å²) in [6, 6.07) is 21.4. The van der Waals surface area contributed by atoms with Crippen LogP contribution in [0.4, 0.5) is 0 Å². The minimum atomic E-state index is -0.500. The highest BCUT2D eigenvalue weighted by atomic mass is 16.3. The van der Waals surface area contributed by atoms with Crippen molar-refractivity contribution in [3.63, 3.8) is 0 Å². The molecule has 9 aromatic rings. The summed E-state index contributed by atoms with van der Waals surface area (Å²) >= 11 is 0.